The van der Waals surface area contributed by atoms with Gasteiger partial charge >= 0.3 is 0 Å². The van der Waals surface area contributed by atoms with Gasteiger partial charge in [0.1, 0.15) is 11.6 Å². The van der Waals surface area contributed by atoms with Crippen LogP contribution in [0.2, 0.25) is 0 Å². The minimum atomic E-state index is -0.408. The highest BCUT2D eigenvalue weighted by atomic mass is 19.1. The Balaban J connectivity index is 1.78. The van der Waals surface area contributed by atoms with Crippen molar-refractivity contribution in [3.8, 4) is 5.75 Å². The van der Waals surface area contributed by atoms with Crippen molar-refractivity contribution >= 4 is 5.91 Å². The molecule has 1 aliphatic heterocycles. The fraction of sp³-hybridized carbons (Fsp3) is 0.409. The molecule has 0 radical (unpaired) electrons. The minimum Gasteiger partial charge on any atom is -0.496 e. The van der Waals surface area contributed by atoms with E-state index < -0.39 is 5.82 Å². The van der Waals surface area contributed by atoms with Gasteiger partial charge < -0.3 is 10.1 Å². The van der Waals surface area contributed by atoms with Crippen LogP contribution in [-0.2, 0) is 0 Å². The van der Waals surface area contributed by atoms with Crippen LogP contribution < -0.4 is 10.1 Å². The van der Waals surface area contributed by atoms with Crippen LogP contribution in [0.15, 0.2) is 48.5 Å². The molecular weight excluding hydrogens is 343 g/mol. The van der Waals surface area contributed by atoms with Crippen LogP contribution in [0, 0.1) is 11.7 Å². The molecule has 1 aliphatic rings. The second kappa shape index (κ2) is 9.00. The fourth-order valence-corrected chi connectivity index (χ4v) is 3.64. The third kappa shape index (κ3) is 4.86. The molecule has 0 spiro atoms. The first-order chi connectivity index (χ1) is 13.1. The quantitative estimate of drug-likeness (QED) is 0.834. The predicted octanol–water partition coefficient (Wildman–Crippen LogP) is 4.04. The normalized spacial score (nSPS) is 16.7. The minimum absolute atomic E-state index is 0.0196. The fourth-order valence-electron chi connectivity index (χ4n) is 3.64. The number of carbonyl (C=O) groups excluding carboxylic acids is 1. The zero-order chi connectivity index (χ0) is 19.2. The SMILES string of the molecule is COc1ccccc1C(CNC(=O)c1cccc(F)c1)N1CCC(C)CC1. The van der Waals surface area contributed by atoms with E-state index in [0.29, 0.717) is 12.1 Å². The summed E-state index contributed by atoms with van der Waals surface area (Å²) in [6.45, 7) is 4.70. The lowest BCUT2D eigenvalue weighted by atomic mass is 9.95. The lowest BCUT2D eigenvalue weighted by molar-refractivity contribution is 0.0910. The van der Waals surface area contributed by atoms with Gasteiger partial charge in [-0.3, -0.25) is 9.69 Å². The van der Waals surface area contributed by atoms with E-state index in [9.17, 15) is 9.18 Å². The maximum Gasteiger partial charge on any atom is 0.251 e. The molecular formula is C22H27FN2O2. The summed E-state index contributed by atoms with van der Waals surface area (Å²) in [5.74, 6) is 0.872. The molecule has 27 heavy (non-hydrogen) atoms. The van der Waals surface area contributed by atoms with Crippen molar-refractivity contribution < 1.29 is 13.9 Å². The molecule has 0 bridgehead atoms. The van der Waals surface area contributed by atoms with Crippen LogP contribution in [0.4, 0.5) is 4.39 Å². The molecule has 1 unspecified atom stereocenters. The van der Waals surface area contributed by atoms with Gasteiger partial charge in [-0.05, 0) is 56.1 Å². The van der Waals surface area contributed by atoms with Crippen molar-refractivity contribution in [2.45, 2.75) is 25.8 Å². The third-order valence-electron chi connectivity index (χ3n) is 5.30. The van der Waals surface area contributed by atoms with E-state index in [1.807, 2.05) is 18.2 Å². The van der Waals surface area contributed by atoms with Crippen LogP contribution in [0.25, 0.3) is 0 Å². The van der Waals surface area contributed by atoms with Gasteiger partial charge in [0.25, 0.3) is 5.91 Å². The Morgan fingerprint density at radius 1 is 1.22 bits per heavy atom. The number of amides is 1. The van der Waals surface area contributed by atoms with Crippen molar-refractivity contribution in [2.24, 2.45) is 5.92 Å². The van der Waals surface area contributed by atoms with E-state index in [0.717, 1.165) is 43.2 Å². The van der Waals surface area contributed by atoms with E-state index in [2.05, 4.69) is 23.2 Å². The molecule has 1 saturated heterocycles. The Morgan fingerprint density at radius 3 is 2.67 bits per heavy atom. The Labute approximate surface area is 160 Å². The van der Waals surface area contributed by atoms with Crippen LogP contribution in [0.5, 0.6) is 5.75 Å². The zero-order valence-corrected chi connectivity index (χ0v) is 16.0. The number of nitrogens with one attached hydrogen (secondary N) is 1. The topological polar surface area (TPSA) is 41.6 Å². The number of para-hydroxylation sites is 1. The number of hydrogen-bond donors (Lipinski definition) is 1. The number of likely N-dealkylation sites (tertiary alicyclic amines) is 1. The summed E-state index contributed by atoms with van der Waals surface area (Å²) >= 11 is 0. The second-order valence-corrected chi connectivity index (χ2v) is 7.20. The molecule has 1 N–H and O–H groups in total. The highest BCUT2D eigenvalue weighted by Crippen LogP contribution is 2.32. The molecule has 3 rings (SSSR count). The van der Waals surface area contributed by atoms with Crippen molar-refractivity contribution in [1.29, 1.82) is 0 Å². The van der Waals surface area contributed by atoms with Crippen LogP contribution >= 0.6 is 0 Å². The lowest BCUT2D eigenvalue weighted by Crippen LogP contribution is -2.42. The standard InChI is InChI=1S/C22H27FN2O2/c1-16-10-12-25(13-11-16)20(19-8-3-4-9-21(19)27-2)15-24-22(26)17-6-5-7-18(23)14-17/h3-9,14,16,20H,10-13,15H2,1-2H3,(H,24,26). The van der Waals surface area contributed by atoms with Gasteiger partial charge in [-0.25, -0.2) is 4.39 Å². The van der Waals surface area contributed by atoms with Crippen molar-refractivity contribution in [3.63, 3.8) is 0 Å². The summed E-state index contributed by atoms with van der Waals surface area (Å²) < 4.78 is 19.0. The Kier molecular flexibility index (Phi) is 6.45. The molecule has 2 aromatic carbocycles. The number of hydrogen-bond acceptors (Lipinski definition) is 3. The summed E-state index contributed by atoms with van der Waals surface area (Å²) in [6.07, 6.45) is 2.28. The average Bonchev–Trinajstić information content (AvgIpc) is 2.69. The maximum atomic E-state index is 13.4. The number of rotatable bonds is 6. The molecule has 1 fully saturated rings. The van der Waals surface area contributed by atoms with E-state index >= 15 is 0 Å². The first kappa shape index (κ1) is 19.4. The Bertz CT molecular complexity index is 772. The monoisotopic (exact) mass is 370 g/mol. The van der Waals surface area contributed by atoms with E-state index in [4.69, 9.17) is 4.74 Å². The Hall–Kier alpha value is -2.40. The highest BCUT2D eigenvalue weighted by Gasteiger charge is 2.27. The van der Waals surface area contributed by atoms with Gasteiger partial charge in [0.05, 0.1) is 13.2 Å². The van der Waals surface area contributed by atoms with Crippen molar-refractivity contribution in [2.75, 3.05) is 26.7 Å². The van der Waals surface area contributed by atoms with E-state index in [1.165, 1.54) is 12.1 Å². The number of ether oxygens (including phenoxy) is 1. The smallest absolute Gasteiger partial charge is 0.251 e. The van der Waals surface area contributed by atoms with E-state index in [1.54, 1.807) is 19.2 Å². The van der Waals surface area contributed by atoms with Gasteiger partial charge in [0, 0.05) is 17.7 Å². The van der Waals surface area contributed by atoms with Crippen molar-refractivity contribution in [3.05, 3.63) is 65.5 Å². The van der Waals surface area contributed by atoms with Crippen molar-refractivity contribution in [1.82, 2.24) is 10.2 Å². The van der Waals surface area contributed by atoms with Gasteiger partial charge in [-0.1, -0.05) is 31.2 Å². The molecule has 0 aliphatic carbocycles. The molecule has 1 heterocycles. The molecule has 0 aromatic heterocycles. The molecule has 1 amide bonds. The summed E-state index contributed by atoms with van der Waals surface area (Å²) in [7, 11) is 1.67. The molecule has 144 valence electrons. The highest BCUT2D eigenvalue weighted by molar-refractivity contribution is 5.94. The first-order valence-electron chi connectivity index (χ1n) is 9.49. The summed E-state index contributed by atoms with van der Waals surface area (Å²) in [4.78, 5) is 14.9. The van der Waals surface area contributed by atoms with Crippen LogP contribution in [-0.4, -0.2) is 37.6 Å². The second-order valence-electron chi connectivity index (χ2n) is 7.20. The number of benzene rings is 2. The number of halogens is 1. The molecule has 0 saturated carbocycles. The molecule has 4 nitrogen and oxygen atoms in total. The summed E-state index contributed by atoms with van der Waals surface area (Å²) in [5, 5.41) is 2.98. The number of nitrogens with zero attached hydrogens (tertiary/aromatic N) is 1. The predicted molar refractivity (Wildman–Crippen MR) is 104 cm³/mol. The number of carbonyl (C=O) groups is 1. The largest absolute Gasteiger partial charge is 0.496 e. The van der Waals surface area contributed by atoms with Gasteiger partial charge in [0.15, 0.2) is 0 Å². The van der Waals surface area contributed by atoms with Gasteiger partial charge in [-0.15, -0.1) is 0 Å². The average molecular weight is 370 g/mol. The lowest BCUT2D eigenvalue weighted by Gasteiger charge is -2.37. The van der Waals surface area contributed by atoms with Gasteiger partial charge in [-0.2, -0.15) is 0 Å². The van der Waals surface area contributed by atoms with E-state index in [-0.39, 0.29) is 11.9 Å². The number of methoxy groups -OCH3 is 1. The molecule has 5 heteroatoms. The van der Waals surface area contributed by atoms with Gasteiger partial charge in [0.2, 0.25) is 0 Å². The molecule has 1 atom stereocenters. The zero-order valence-electron chi connectivity index (χ0n) is 16.0. The van der Waals surface area contributed by atoms with Crippen LogP contribution in [0.1, 0.15) is 41.7 Å². The molecule has 2 aromatic rings. The maximum absolute atomic E-state index is 13.4. The third-order valence-corrected chi connectivity index (χ3v) is 5.30. The first-order valence-corrected chi connectivity index (χ1v) is 9.49. The summed E-state index contributed by atoms with van der Waals surface area (Å²) in [6, 6.07) is 13.7. The summed E-state index contributed by atoms with van der Waals surface area (Å²) in [5.41, 5.74) is 1.40. The Morgan fingerprint density at radius 2 is 1.96 bits per heavy atom. The van der Waals surface area contributed by atoms with Crippen LogP contribution in [0.3, 0.4) is 0 Å². The number of piperidine rings is 1.